The van der Waals surface area contributed by atoms with Crippen LogP contribution in [0.2, 0.25) is 0 Å². The van der Waals surface area contributed by atoms with Crippen molar-refractivity contribution in [3.8, 4) is 0 Å². The second-order valence-electron chi connectivity index (χ2n) is 5.73. The van der Waals surface area contributed by atoms with E-state index < -0.39 is 15.9 Å². The van der Waals surface area contributed by atoms with Gasteiger partial charge in [0.15, 0.2) is 9.84 Å². The minimum absolute atomic E-state index is 0.0209. The molecule has 3 N–H and O–H groups in total. The van der Waals surface area contributed by atoms with Gasteiger partial charge in [-0.2, -0.15) is 0 Å². The van der Waals surface area contributed by atoms with E-state index in [2.05, 4.69) is 16.0 Å². The van der Waals surface area contributed by atoms with Gasteiger partial charge < -0.3 is 16.0 Å². The van der Waals surface area contributed by atoms with Gasteiger partial charge in [0.1, 0.15) is 0 Å². The quantitative estimate of drug-likeness (QED) is 0.645. The first-order chi connectivity index (χ1) is 8.57. The summed E-state index contributed by atoms with van der Waals surface area (Å²) in [5, 5.41) is 7.67. The lowest BCUT2D eigenvalue weighted by Crippen LogP contribution is -2.49. The third kappa shape index (κ3) is 6.42. The Balaban J connectivity index is 2.27. The summed E-state index contributed by atoms with van der Waals surface area (Å²) in [5.41, 5.74) is -0.375. The SMILES string of the molecule is CC(C)(C)NC(=O)NCC(=O)NC1CCS(=O)(=O)C1. The zero-order valence-corrected chi connectivity index (χ0v) is 12.3. The van der Waals surface area contributed by atoms with Crippen molar-refractivity contribution in [3.05, 3.63) is 0 Å². The Labute approximate surface area is 113 Å². The minimum atomic E-state index is -3.01. The molecular weight excluding hydrogens is 270 g/mol. The summed E-state index contributed by atoms with van der Waals surface area (Å²) >= 11 is 0. The fourth-order valence-corrected chi connectivity index (χ4v) is 3.41. The summed E-state index contributed by atoms with van der Waals surface area (Å²) in [7, 11) is -3.01. The van der Waals surface area contributed by atoms with Gasteiger partial charge in [0.05, 0.1) is 18.1 Å². The van der Waals surface area contributed by atoms with Gasteiger partial charge >= 0.3 is 6.03 Å². The Morgan fingerprint density at radius 1 is 1.26 bits per heavy atom. The van der Waals surface area contributed by atoms with E-state index in [0.717, 1.165) is 0 Å². The lowest BCUT2D eigenvalue weighted by atomic mass is 10.1. The molecule has 3 amide bonds. The van der Waals surface area contributed by atoms with E-state index in [0.29, 0.717) is 6.42 Å². The third-order valence-corrected chi connectivity index (χ3v) is 4.26. The molecule has 0 aliphatic carbocycles. The summed E-state index contributed by atoms with van der Waals surface area (Å²) in [4.78, 5) is 22.9. The molecule has 1 rings (SSSR count). The molecule has 1 aliphatic heterocycles. The normalized spacial score (nSPS) is 21.7. The summed E-state index contributed by atoms with van der Waals surface area (Å²) in [5.74, 6) is -0.297. The number of rotatable bonds is 3. The summed E-state index contributed by atoms with van der Waals surface area (Å²) in [6.45, 7) is 5.32. The van der Waals surface area contributed by atoms with Crippen molar-refractivity contribution in [1.82, 2.24) is 16.0 Å². The number of hydrogen-bond donors (Lipinski definition) is 3. The highest BCUT2D eigenvalue weighted by molar-refractivity contribution is 7.91. The van der Waals surface area contributed by atoms with Crippen molar-refractivity contribution in [1.29, 1.82) is 0 Å². The average Bonchev–Trinajstić information content (AvgIpc) is 2.52. The second kappa shape index (κ2) is 5.77. The fourth-order valence-electron chi connectivity index (χ4n) is 1.73. The lowest BCUT2D eigenvalue weighted by molar-refractivity contribution is -0.120. The molecule has 7 nitrogen and oxygen atoms in total. The van der Waals surface area contributed by atoms with Crippen LogP contribution < -0.4 is 16.0 Å². The molecule has 1 saturated heterocycles. The predicted molar refractivity (Wildman–Crippen MR) is 71.5 cm³/mol. The van der Waals surface area contributed by atoms with Gasteiger partial charge in [-0.1, -0.05) is 0 Å². The van der Waals surface area contributed by atoms with Gasteiger partial charge in [0, 0.05) is 11.6 Å². The van der Waals surface area contributed by atoms with Crippen molar-refractivity contribution in [2.75, 3.05) is 18.1 Å². The van der Waals surface area contributed by atoms with Crippen LogP contribution in [0, 0.1) is 0 Å². The van der Waals surface area contributed by atoms with Crippen molar-refractivity contribution in [2.45, 2.75) is 38.8 Å². The van der Waals surface area contributed by atoms with E-state index in [4.69, 9.17) is 0 Å². The van der Waals surface area contributed by atoms with E-state index in [-0.39, 0.29) is 35.5 Å². The number of nitrogens with one attached hydrogen (secondary N) is 3. The zero-order chi connectivity index (χ0) is 14.7. The fraction of sp³-hybridized carbons (Fsp3) is 0.818. The summed E-state index contributed by atoms with van der Waals surface area (Å²) in [6.07, 6.45) is 0.433. The first kappa shape index (κ1) is 15.7. The summed E-state index contributed by atoms with van der Waals surface area (Å²) < 4.78 is 22.4. The van der Waals surface area contributed by atoms with Crippen LogP contribution in [0.4, 0.5) is 4.79 Å². The van der Waals surface area contributed by atoms with E-state index in [1.165, 1.54) is 0 Å². The number of carbonyl (C=O) groups is 2. The Bertz CT molecular complexity index is 453. The van der Waals surface area contributed by atoms with E-state index in [1.807, 2.05) is 20.8 Å². The average molecular weight is 291 g/mol. The van der Waals surface area contributed by atoms with Crippen LogP contribution in [0.3, 0.4) is 0 Å². The largest absolute Gasteiger partial charge is 0.351 e. The molecule has 0 aromatic carbocycles. The molecular formula is C11H21N3O4S. The molecule has 0 aromatic heterocycles. The van der Waals surface area contributed by atoms with Crippen LogP contribution in [0.5, 0.6) is 0 Å². The lowest BCUT2D eigenvalue weighted by Gasteiger charge is -2.20. The molecule has 0 saturated carbocycles. The standard InChI is InChI=1S/C11H21N3O4S/c1-11(2,3)14-10(16)12-6-9(15)13-8-4-5-19(17,18)7-8/h8H,4-7H2,1-3H3,(H,13,15)(H2,12,14,16). The molecule has 110 valence electrons. The van der Waals surface area contributed by atoms with Crippen LogP contribution in [0.1, 0.15) is 27.2 Å². The molecule has 1 unspecified atom stereocenters. The van der Waals surface area contributed by atoms with Crippen LogP contribution in [0.15, 0.2) is 0 Å². The van der Waals surface area contributed by atoms with Gasteiger partial charge in [0.2, 0.25) is 5.91 Å². The molecule has 8 heteroatoms. The molecule has 1 atom stereocenters. The van der Waals surface area contributed by atoms with E-state index in [1.54, 1.807) is 0 Å². The van der Waals surface area contributed by atoms with Crippen LogP contribution in [0.25, 0.3) is 0 Å². The predicted octanol–water partition coefficient (Wildman–Crippen LogP) is -0.613. The van der Waals surface area contributed by atoms with Crippen molar-refractivity contribution < 1.29 is 18.0 Å². The second-order valence-corrected chi connectivity index (χ2v) is 7.95. The van der Waals surface area contributed by atoms with Gasteiger partial charge in [-0.3, -0.25) is 4.79 Å². The molecule has 1 aliphatic rings. The first-order valence-corrected chi connectivity index (χ1v) is 7.95. The maximum absolute atomic E-state index is 11.5. The van der Waals surface area contributed by atoms with Gasteiger partial charge in [-0.05, 0) is 27.2 Å². The number of urea groups is 1. The Morgan fingerprint density at radius 2 is 1.89 bits per heavy atom. The van der Waals surface area contributed by atoms with E-state index >= 15 is 0 Å². The van der Waals surface area contributed by atoms with Crippen molar-refractivity contribution >= 4 is 21.8 Å². The molecule has 1 fully saturated rings. The Morgan fingerprint density at radius 3 is 2.37 bits per heavy atom. The maximum Gasteiger partial charge on any atom is 0.315 e. The Hall–Kier alpha value is -1.31. The number of amides is 3. The van der Waals surface area contributed by atoms with Gasteiger partial charge in [-0.15, -0.1) is 0 Å². The van der Waals surface area contributed by atoms with Crippen LogP contribution in [-0.4, -0.2) is 50.0 Å². The zero-order valence-electron chi connectivity index (χ0n) is 11.4. The molecule has 19 heavy (non-hydrogen) atoms. The molecule has 0 bridgehead atoms. The monoisotopic (exact) mass is 291 g/mol. The van der Waals surface area contributed by atoms with Gasteiger partial charge in [0.25, 0.3) is 0 Å². The highest BCUT2D eigenvalue weighted by Crippen LogP contribution is 2.10. The topological polar surface area (TPSA) is 104 Å². The molecule has 0 radical (unpaired) electrons. The van der Waals surface area contributed by atoms with Crippen molar-refractivity contribution in [2.24, 2.45) is 0 Å². The maximum atomic E-state index is 11.5. The summed E-state index contributed by atoms with van der Waals surface area (Å²) in [6, 6.07) is -0.772. The smallest absolute Gasteiger partial charge is 0.315 e. The van der Waals surface area contributed by atoms with Gasteiger partial charge in [-0.25, -0.2) is 13.2 Å². The Kier molecular flexibility index (Phi) is 4.78. The highest BCUT2D eigenvalue weighted by Gasteiger charge is 2.28. The third-order valence-electron chi connectivity index (χ3n) is 2.50. The molecule has 0 spiro atoms. The van der Waals surface area contributed by atoms with Crippen molar-refractivity contribution in [3.63, 3.8) is 0 Å². The minimum Gasteiger partial charge on any atom is -0.351 e. The molecule has 0 aromatic rings. The number of sulfone groups is 1. The van der Waals surface area contributed by atoms with Crippen LogP contribution >= 0.6 is 0 Å². The molecule has 1 heterocycles. The highest BCUT2D eigenvalue weighted by atomic mass is 32.2. The number of hydrogen-bond acceptors (Lipinski definition) is 4. The van der Waals surface area contributed by atoms with E-state index in [9.17, 15) is 18.0 Å². The van der Waals surface area contributed by atoms with Crippen LogP contribution in [-0.2, 0) is 14.6 Å². The first-order valence-electron chi connectivity index (χ1n) is 6.13. The number of carbonyl (C=O) groups excluding carboxylic acids is 2.